The Kier molecular flexibility index (Phi) is 7.82. The van der Waals surface area contributed by atoms with Crippen LogP contribution in [-0.2, 0) is 0 Å². The average Bonchev–Trinajstić information content (AvgIpc) is 3.82. The highest BCUT2D eigenvalue weighted by atomic mass is 16.3. The van der Waals surface area contributed by atoms with Crippen LogP contribution in [0.1, 0.15) is 0 Å². The molecule has 0 atom stereocenters. The molecule has 0 amide bonds. The number of para-hydroxylation sites is 4. The van der Waals surface area contributed by atoms with Crippen molar-refractivity contribution >= 4 is 60.8 Å². The Balaban J connectivity index is 1.14. The Bertz CT molecular complexity index is 3230. The van der Waals surface area contributed by atoms with Crippen molar-refractivity contribution in [2.45, 2.75) is 0 Å². The summed E-state index contributed by atoms with van der Waals surface area (Å²) in [5, 5.41) is 4.62. The summed E-state index contributed by atoms with van der Waals surface area (Å²) >= 11 is 0. The van der Waals surface area contributed by atoms with Gasteiger partial charge in [0.05, 0.1) is 22.4 Å². The monoisotopic (exact) mass is 728 g/mol. The van der Waals surface area contributed by atoms with Crippen LogP contribution in [0.25, 0.3) is 82.8 Å². The lowest BCUT2D eigenvalue weighted by Crippen LogP contribution is -2.11. The van der Waals surface area contributed by atoms with Gasteiger partial charge in [0, 0.05) is 44.0 Å². The standard InChI is InChI=1S/C54H36N2O/c1-3-15-37(16-4-1)38-27-29-40(30-28-38)44-20-8-12-24-50(44)56-51-25-13-9-21-45(51)46-33-31-42(36-52(46)56)55(49-23-11-7-19-43(49)39-17-5-2-6-18-39)41-32-34-54-48(35-41)47-22-10-14-26-53(47)57-54/h1-36H. The minimum absolute atomic E-state index is 0.875. The van der Waals surface area contributed by atoms with E-state index in [0.29, 0.717) is 0 Å². The molecule has 0 fully saturated rings. The summed E-state index contributed by atoms with van der Waals surface area (Å²) in [5.41, 5.74) is 15.5. The van der Waals surface area contributed by atoms with Crippen LogP contribution >= 0.6 is 0 Å². The first kappa shape index (κ1) is 32.8. The lowest BCUT2D eigenvalue weighted by molar-refractivity contribution is 0.669. The minimum atomic E-state index is 0.875. The van der Waals surface area contributed by atoms with Gasteiger partial charge in [0.15, 0.2) is 0 Å². The first-order valence-electron chi connectivity index (χ1n) is 19.4. The van der Waals surface area contributed by atoms with Gasteiger partial charge in [-0.3, -0.25) is 0 Å². The third-order valence-electron chi connectivity index (χ3n) is 11.2. The van der Waals surface area contributed by atoms with Crippen LogP contribution < -0.4 is 4.90 Å². The van der Waals surface area contributed by atoms with Gasteiger partial charge in [0.2, 0.25) is 0 Å². The molecular weight excluding hydrogens is 693 g/mol. The van der Waals surface area contributed by atoms with Crippen molar-refractivity contribution in [1.29, 1.82) is 0 Å². The smallest absolute Gasteiger partial charge is 0.135 e. The summed E-state index contributed by atoms with van der Waals surface area (Å²) in [6.45, 7) is 0. The highest BCUT2D eigenvalue weighted by Crippen LogP contribution is 2.45. The molecule has 268 valence electrons. The van der Waals surface area contributed by atoms with Crippen molar-refractivity contribution in [2.24, 2.45) is 0 Å². The lowest BCUT2D eigenvalue weighted by atomic mass is 9.99. The molecule has 57 heavy (non-hydrogen) atoms. The first-order chi connectivity index (χ1) is 28.3. The molecule has 0 bridgehead atoms. The highest BCUT2D eigenvalue weighted by Gasteiger charge is 2.22. The van der Waals surface area contributed by atoms with E-state index in [2.05, 4.69) is 216 Å². The maximum atomic E-state index is 6.30. The number of hydrogen-bond donors (Lipinski definition) is 0. The third kappa shape index (κ3) is 5.60. The number of hydrogen-bond acceptors (Lipinski definition) is 2. The van der Waals surface area contributed by atoms with Gasteiger partial charge in [-0.15, -0.1) is 0 Å². The Hall–Kier alpha value is -7.62. The molecule has 0 radical (unpaired) electrons. The zero-order chi connectivity index (χ0) is 37.7. The second kappa shape index (κ2) is 13.6. The maximum Gasteiger partial charge on any atom is 0.135 e. The van der Waals surface area contributed by atoms with Crippen LogP contribution in [0.4, 0.5) is 17.1 Å². The summed E-state index contributed by atoms with van der Waals surface area (Å²) < 4.78 is 8.75. The van der Waals surface area contributed by atoms with Gasteiger partial charge in [0.1, 0.15) is 11.2 Å². The minimum Gasteiger partial charge on any atom is -0.456 e. The van der Waals surface area contributed by atoms with Crippen molar-refractivity contribution in [2.75, 3.05) is 4.90 Å². The quantitative estimate of drug-likeness (QED) is 0.163. The zero-order valence-electron chi connectivity index (χ0n) is 31.1. The summed E-state index contributed by atoms with van der Waals surface area (Å²) in [6, 6.07) is 78.2. The largest absolute Gasteiger partial charge is 0.456 e. The van der Waals surface area contributed by atoms with E-state index in [1.165, 1.54) is 38.5 Å². The van der Waals surface area contributed by atoms with Gasteiger partial charge in [-0.25, -0.2) is 0 Å². The number of rotatable bonds is 7. The predicted molar refractivity (Wildman–Crippen MR) is 239 cm³/mol. The Morgan fingerprint density at radius 3 is 1.70 bits per heavy atom. The van der Waals surface area contributed by atoms with E-state index >= 15 is 0 Å². The lowest BCUT2D eigenvalue weighted by Gasteiger charge is -2.28. The second-order valence-electron chi connectivity index (χ2n) is 14.5. The molecule has 0 aliphatic rings. The van der Waals surface area contributed by atoms with E-state index in [9.17, 15) is 0 Å². The molecule has 2 heterocycles. The maximum absolute atomic E-state index is 6.30. The molecule has 9 aromatic carbocycles. The van der Waals surface area contributed by atoms with Gasteiger partial charge in [0.25, 0.3) is 0 Å². The highest BCUT2D eigenvalue weighted by molar-refractivity contribution is 6.11. The first-order valence-corrected chi connectivity index (χ1v) is 19.4. The fourth-order valence-electron chi connectivity index (χ4n) is 8.55. The van der Waals surface area contributed by atoms with Gasteiger partial charge in [-0.05, 0) is 76.9 Å². The van der Waals surface area contributed by atoms with Gasteiger partial charge >= 0.3 is 0 Å². The summed E-state index contributed by atoms with van der Waals surface area (Å²) in [7, 11) is 0. The zero-order valence-corrected chi connectivity index (χ0v) is 31.1. The molecule has 0 saturated heterocycles. The Morgan fingerprint density at radius 1 is 0.333 bits per heavy atom. The van der Waals surface area contributed by atoms with E-state index in [0.717, 1.165) is 61.3 Å². The molecule has 11 rings (SSSR count). The van der Waals surface area contributed by atoms with Crippen molar-refractivity contribution in [3.8, 4) is 39.1 Å². The molecule has 0 aliphatic heterocycles. The SMILES string of the molecule is c1ccc(-c2ccc(-c3ccccc3-n3c4ccccc4c4ccc(N(c5ccc6oc7ccccc7c6c5)c5ccccc5-c5ccccc5)cc43)cc2)cc1. The van der Waals surface area contributed by atoms with Gasteiger partial charge in [-0.1, -0.05) is 164 Å². The van der Waals surface area contributed by atoms with Crippen molar-refractivity contribution in [1.82, 2.24) is 4.57 Å². The summed E-state index contributed by atoms with van der Waals surface area (Å²) in [5.74, 6) is 0. The molecule has 0 aliphatic carbocycles. The fourth-order valence-corrected chi connectivity index (χ4v) is 8.55. The van der Waals surface area contributed by atoms with Crippen molar-refractivity contribution < 1.29 is 4.42 Å². The van der Waals surface area contributed by atoms with E-state index in [1.807, 2.05) is 12.1 Å². The molecule has 0 N–H and O–H groups in total. The number of furan rings is 1. The van der Waals surface area contributed by atoms with E-state index in [4.69, 9.17) is 4.42 Å². The van der Waals surface area contributed by atoms with Crippen LogP contribution in [0.3, 0.4) is 0 Å². The van der Waals surface area contributed by atoms with Crippen LogP contribution in [0, 0.1) is 0 Å². The molecule has 0 unspecified atom stereocenters. The molecule has 3 heteroatoms. The average molecular weight is 729 g/mol. The predicted octanol–water partition coefficient (Wildman–Crippen LogP) is 15.2. The Morgan fingerprint density at radius 2 is 0.877 bits per heavy atom. The topological polar surface area (TPSA) is 21.3 Å². The normalized spacial score (nSPS) is 11.5. The van der Waals surface area contributed by atoms with Crippen molar-refractivity contribution in [3.05, 3.63) is 218 Å². The number of benzene rings is 9. The fraction of sp³-hybridized carbons (Fsp3) is 0. The van der Waals surface area contributed by atoms with Crippen LogP contribution in [-0.4, -0.2) is 4.57 Å². The summed E-state index contributed by atoms with van der Waals surface area (Å²) in [6.07, 6.45) is 0. The molecule has 0 saturated carbocycles. The summed E-state index contributed by atoms with van der Waals surface area (Å²) in [4.78, 5) is 2.40. The molecule has 0 spiro atoms. The van der Waals surface area contributed by atoms with Crippen LogP contribution in [0.2, 0.25) is 0 Å². The molecule has 2 aromatic heterocycles. The van der Waals surface area contributed by atoms with E-state index in [1.54, 1.807) is 0 Å². The molecule has 11 aromatic rings. The van der Waals surface area contributed by atoms with Gasteiger partial charge in [-0.2, -0.15) is 0 Å². The molecular formula is C54H36N2O. The second-order valence-corrected chi connectivity index (χ2v) is 14.5. The van der Waals surface area contributed by atoms with Gasteiger partial charge < -0.3 is 13.9 Å². The van der Waals surface area contributed by atoms with E-state index < -0.39 is 0 Å². The number of fused-ring (bicyclic) bond motifs is 6. The van der Waals surface area contributed by atoms with Crippen LogP contribution in [0.15, 0.2) is 223 Å². The number of nitrogens with zero attached hydrogens (tertiary/aromatic N) is 2. The Labute approximate surface area is 330 Å². The molecule has 3 nitrogen and oxygen atoms in total. The van der Waals surface area contributed by atoms with E-state index in [-0.39, 0.29) is 0 Å². The third-order valence-corrected chi connectivity index (χ3v) is 11.2. The number of anilines is 3. The van der Waals surface area contributed by atoms with Crippen molar-refractivity contribution in [3.63, 3.8) is 0 Å². The number of aromatic nitrogens is 1. The van der Waals surface area contributed by atoms with Crippen LogP contribution in [0.5, 0.6) is 0 Å².